The van der Waals surface area contributed by atoms with Crippen LogP contribution in [0.3, 0.4) is 0 Å². The van der Waals surface area contributed by atoms with Gasteiger partial charge in [-0.2, -0.15) is 5.10 Å². The molecule has 74 valence electrons. The van der Waals surface area contributed by atoms with Crippen LogP contribution >= 0.6 is 0 Å². The zero-order chi connectivity index (χ0) is 10.3. The fourth-order valence-corrected chi connectivity index (χ4v) is 1.71. The molecule has 1 heterocycles. The molecular weight excluding hydrogens is 179 g/mol. The van der Waals surface area contributed by atoms with Crippen molar-refractivity contribution in [1.82, 2.24) is 9.78 Å². The maximum Gasteiger partial charge on any atom is 0.125 e. The SMILES string of the molecule is CC(C)c1cc(F)cc2nn(C)cc12. The van der Waals surface area contributed by atoms with Gasteiger partial charge in [-0.3, -0.25) is 4.68 Å². The third kappa shape index (κ3) is 1.39. The van der Waals surface area contributed by atoms with Crippen LogP contribution in [0.5, 0.6) is 0 Å². The fourth-order valence-electron chi connectivity index (χ4n) is 1.71. The molecule has 2 aromatic rings. The van der Waals surface area contributed by atoms with Crippen LogP contribution in [0.1, 0.15) is 25.3 Å². The molecule has 0 atom stereocenters. The number of benzene rings is 1. The van der Waals surface area contributed by atoms with Gasteiger partial charge >= 0.3 is 0 Å². The molecule has 2 nitrogen and oxygen atoms in total. The zero-order valence-corrected chi connectivity index (χ0v) is 8.58. The molecule has 0 N–H and O–H groups in total. The molecule has 0 radical (unpaired) electrons. The average molecular weight is 192 g/mol. The molecule has 0 saturated heterocycles. The van der Waals surface area contributed by atoms with Crippen molar-refractivity contribution in [1.29, 1.82) is 0 Å². The van der Waals surface area contributed by atoms with E-state index in [1.807, 2.05) is 13.2 Å². The first kappa shape index (κ1) is 9.19. The van der Waals surface area contributed by atoms with E-state index in [4.69, 9.17) is 0 Å². The largest absolute Gasteiger partial charge is 0.275 e. The summed E-state index contributed by atoms with van der Waals surface area (Å²) in [6.07, 6.45) is 1.93. The number of hydrogen-bond donors (Lipinski definition) is 0. The number of fused-ring (bicyclic) bond motifs is 1. The summed E-state index contributed by atoms with van der Waals surface area (Å²) in [5.74, 6) is 0.109. The number of rotatable bonds is 1. The summed E-state index contributed by atoms with van der Waals surface area (Å²) in [7, 11) is 1.85. The first-order valence-electron chi connectivity index (χ1n) is 4.70. The van der Waals surface area contributed by atoms with Crippen LogP contribution in [0.15, 0.2) is 18.3 Å². The van der Waals surface area contributed by atoms with E-state index in [1.54, 1.807) is 10.7 Å². The second-order valence-corrected chi connectivity index (χ2v) is 3.89. The van der Waals surface area contributed by atoms with E-state index in [0.29, 0.717) is 5.92 Å². The number of aryl methyl sites for hydroxylation is 1. The van der Waals surface area contributed by atoms with Crippen molar-refractivity contribution >= 4 is 10.9 Å². The minimum atomic E-state index is -0.208. The Morgan fingerprint density at radius 3 is 2.71 bits per heavy atom. The van der Waals surface area contributed by atoms with Crippen molar-refractivity contribution in [2.24, 2.45) is 7.05 Å². The lowest BCUT2D eigenvalue weighted by atomic mass is 9.99. The number of nitrogens with zero attached hydrogens (tertiary/aromatic N) is 2. The maximum atomic E-state index is 13.2. The van der Waals surface area contributed by atoms with Gasteiger partial charge in [0.1, 0.15) is 5.82 Å². The summed E-state index contributed by atoms with van der Waals surface area (Å²) >= 11 is 0. The van der Waals surface area contributed by atoms with Gasteiger partial charge in [-0.1, -0.05) is 13.8 Å². The second-order valence-electron chi connectivity index (χ2n) is 3.89. The monoisotopic (exact) mass is 192 g/mol. The van der Waals surface area contributed by atoms with Crippen LogP contribution < -0.4 is 0 Å². The first-order chi connectivity index (χ1) is 6.58. The van der Waals surface area contributed by atoms with Gasteiger partial charge in [0.15, 0.2) is 0 Å². The summed E-state index contributed by atoms with van der Waals surface area (Å²) in [5, 5.41) is 5.24. The highest BCUT2D eigenvalue weighted by Gasteiger charge is 2.09. The van der Waals surface area contributed by atoms with Crippen LogP contribution in [0.2, 0.25) is 0 Å². The van der Waals surface area contributed by atoms with E-state index in [9.17, 15) is 4.39 Å². The lowest BCUT2D eigenvalue weighted by Crippen LogP contribution is -1.89. The molecule has 2 rings (SSSR count). The Morgan fingerprint density at radius 1 is 1.36 bits per heavy atom. The Labute approximate surface area is 82.3 Å². The van der Waals surface area contributed by atoms with Gasteiger partial charge < -0.3 is 0 Å². The molecule has 0 saturated carbocycles. The van der Waals surface area contributed by atoms with Gasteiger partial charge in [0.05, 0.1) is 5.52 Å². The highest BCUT2D eigenvalue weighted by Crippen LogP contribution is 2.25. The van der Waals surface area contributed by atoms with Crippen molar-refractivity contribution in [2.45, 2.75) is 19.8 Å². The van der Waals surface area contributed by atoms with E-state index in [-0.39, 0.29) is 5.82 Å². The highest BCUT2D eigenvalue weighted by atomic mass is 19.1. The van der Waals surface area contributed by atoms with Gasteiger partial charge in [-0.05, 0) is 17.5 Å². The van der Waals surface area contributed by atoms with E-state index < -0.39 is 0 Å². The van der Waals surface area contributed by atoms with Crippen molar-refractivity contribution in [3.8, 4) is 0 Å². The molecule has 3 heteroatoms. The summed E-state index contributed by atoms with van der Waals surface area (Å²) in [4.78, 5) is 0. The summed E-state index contributed by atoms with van der Waals surface area (Å²) in [6, 6.07) is 3.07. The zero-order valence-electron chi connectivity index (χ0n) is 8.58. The number of hydrogen-bond acceptors (Lipinski definition) is 1. The number of aromatic nitrogens is 2. The van der Waals surface area contributed by atoms with Gasteiger partial charge in [0, 0.05) is 24.7 Å². The Hall–Kier alpha value is -1.38. The Kier molecular flexibility index (Phi) is 2.02. The summed E-state index contributed by atoms with van der Waals surface area (Å²) < 4.78 is 14.9. The topological polar surface area (TPSA) is 17.8 Å². The molecule has 1 aromatic carbocycles. The van der Waals surface area contributed by atoms with Gasteiger partial charge in [-0.25, -0.2) is 4.39 Å². The van der Waals surface area contributed by atoms with E-state index in [1.165, 1.54) is 6.07 Å². The molecule has 14 heavy (non-hydrogen) atoms. The maximum absolute atomic E-state index is 13.2. The summed E-state index contributed by atoms with van der Waals surface area (Å²) in [5.41, 5.74) is 1.75. The van der Waals surface area contributed by atoms with Gasteiger partial charge in [0.2, 0.25) is 0 Å². The Morgan fingerprint density at radius 2 is 2.07 bits per heavy atom. The van der Waals surface area contributed by atoms with Crippen LogP contribution in [0.4, 0.5) is 4.39 Å². The third-order valence-electron chi connectivity index (χ3n) is 2.36. The molecule has 1 aromatic heterocycles. The molecule has 0 spiro atoms. The van der Waals surface area contributed by atoms with Crippen LogP contribution in [-0.2, 0) is 7.05 Å². The molecule has 0 amide bonds. The molecule has 0 unspecified atom stereocenters. The van der Waals surface area contributed by atoms with Crippen LogP contribution in [-0.4, -0.2) is 9.78 Å². The van der Waals surface area contributed by atoms with Gasteiger partial charge in [0.25, 0.3) is 0 Å². The predicted molar refractivity (Wildman–Crippen MR) is 54.8 cm³/mol. The van der Waals surface area contributed by atoms with Crippen molar-refractivity contribution in [3.63, 3.8) is 0 Å². The van der Waals surface area contributed by atoms with Crippen molar-refractivity contribution < 1.29 is 4.39 Å². The van der Waals surface area contributed by atoms with Crippen molar-refractivity contribution in [2.75, 3.05) is 0 Å². The molecular formula is C11H13FN2. The standard InChI is InChI=1S/C11H13FN2/c1-7(2)9-4-8(12)5-11-10(9)6-14(3)13-11/h4-7H,1-3H3. The first-order valence-corrected chi connectivity index (χ1v) is 4.70. The highest BCUT2D eigenvalue weighted by molar-refractivity contribution is 5.82. The summed E-state index contributed by atoms with van der Waals surface area (Å²) in [6.45, 7) is 4.11. The fraction of sp³-hybridized carbons (Fsp3) is 0.364. The Bertz CT molecular complexity index is 471. The van der Waals surface area contributed by atoms with Gasteiger partial charge in [-0.15, -0.1) is 0 Å². The minimum Gasteiger partial charge on any atom is -0.275 e. The normalized spacial score (nSPS) is 11.5. The van der Waals surface area contributed by atoms with E-state index in [2.05, 4.69) is 18.9 Å². The smallest absolute Gasteiger partial charge is 0.125 e. The number of halogens is 1. The predicted octanol–water partition coefficient (Wildman–Crippen LogP) is 2.84. The van der Waals surface area contributed by atoms with Crippen LogP contribution in [0, 0.1) is 5.82 Å². The lowest BCUT2D eigenvalue weighted by Gasteiger charge is -2.06. The molecule has 0 aliphatic rings. The van der Waals surface area contributed by atoms with Crippen molar-refractivity contribution in [3.05, 3.63) is 29.7 Å². The average Bonchev–Trinajstić information content (AvgIpc) is 2.42. The molecule has 0 fully saturated rings. The van der Waals surface area contributed by atoms with Crippen LogP contribution in [0.25, 0.3) is 10.9 Å². The molecule has 0 bridgehead atoms. The third-order valence-corrected chi connectivity index (χ3v) is 2.36. The Balaban J connectivity index is 2.79. The second kappa shape index (κ2) is 3.08. The van der Waals surface area contributed by atoms with E-state index >= 15 is 0 Å². The van der Waals surface area contributed by atoms with E-state index in [0.717, 1.165) is 16.5 Å². The molecule has 0 aliphatic carbocycles. The molecule has 0 aliphatic heterocycles. The lowest BCUT2D eigenvalue weighted by molar-refractivity contribution is 0.625. The minimum absolute atomic E-state index is 0.208. The quantitative estimate of drug-likeness (QED) is 0.679.